The summed E-state index contributed by atoms with van der Waals surface area (Å²) in [5, 5.41) is 9.46. The van der Waals surface area contributed by atoms with E-state index in [1.54, 1.807) is 0 Å². The Bertz CT molecular complexity index is 433. The fraction of sp³-hybridized carbons (Fsp3) is 0.286. The second-order valence-electron chi connectivity index (χ2n) is 4.08. The van der Waals surface area contributed by atoms with Gasteiger partial charge in [-0.05, 0) is 31.0 Å². The number of aryl methyl sites for hydroxylation is 1. The second kappa shape index (κ2) is 4.99. The summed E-state index contributed by atoms with van der Waals surface area (Å²) in [6.45, 7) is 2.23. The van der Waals surface area contributed by atoms with E-state index in [9.17, 15) is 5.11 Å². The molecule has 2 rings (SSSR count). The maximum absolute atomic E-state index is 9.46. The molecule has 0 amide bonds. The molecule has 16 heavy (non-hydrogen) atoms. The number of hydrogen-bond acceptors (Lipinski definition) is 1. The molecular formula is C14H17NO. The largest absolute Gasteiger partial charge is 0.394 e. The number of hydrogen-bond donors (Lipinski definition) is 1. The minimum atomic E-state index is 0.136. The van der Waals surface area contributed by atoms with Gasteiger partial charge in [-0.1, -0.05) is 30.3 Å². The van der Waals surface area contributed by atoms with E-state index >= 15 is 0 Å². The van der Waals surface area contributed by atoms with E-state index in [4.69, 9.17) is 0 Å². The Balaban J connectivity index is 2.16. The Morgan fingerprint density at radius 2 is 1.88 bits per heavy atom. The molecule has 1 aromatic heterocycles. The van der Waals surface area contributed by atoms with Gasteiger partial charge in [0.25, 0.3) is 0 Å². The van der Waals surface area contributed by atoms with Gasteiger partial charge in [0, 0.05) is 11.9 Å². The van der Waals surface area contributed by atoms with Crippen molar-refractivity contribution in [2.45, 2.75) is 19.4 Å². The summed E-state index contributed by atoms with van der Waals surface area (Å²) in [5.74, 6) is 0. The predicted molar refractivity (Wildman–Crippen MR) is 65.4 cm³/mol. The van der Waals surface area contributed by atoms with E-state index < -0.39 is 0 Å². The van der Waals surface area contributed by atoms with Crippen molar-refractivity contribution in [3.63, 3.8) is 0 Å². The van der Waals surface area contributed by atoms with E-state index in [1.165, 1.54) is 11.3 Å². The zero-order chi connectivity index (χ0) is 11.4. The van der Waals surface area contributed by atoms with Gasteiger partial charge in [0.1, 0.15) is 0 Å². The fourth-order valence-electron chi connectivity index (χ4n) is 2.03. The second-order valence-corrected chi connectivity index (χ2v) is 4.08. The lowest BCUT2D eigenvalue weighted by Gasteiger charge is -2.18. The first-order chi connectivity index (χ1) is 7.81. The van der Waals surface area contributed by atoms with Gasteiger partial charge < -0.3 is 9.67 Å². The van der Waals surface area contributed by atoms with Crippen molar-refractivity contribution in [1.29, 1.82) is 0 Å². The lowest BCUT2D eigenvalue weighted by Crippen LogP contribution is -2.16. The Labute approximate surface area is 96.2 Å². The van der Waals surface area contributed by atoms with Crippen LogP contribution in [0, 0.1) is 6.92 Å². The van der Waals surface area contributed by atoms with Crippen molar-refractivity contribution < 1.29 is 5.11 Å². The molecule has 1 aromatic carbocycles. The summed E-state index contributed by atoms with van der Waals surface area (Å²) in [4.78, 5) is 0. The Morgan fingerprint density at radius 1 is 1.12 bits per heavy atom. The molecule has 1 atom stereocenters. The first-order valence-corrected chi connectivity index (χ1v) is 5.59. The van der Waals surface area contributed by atoms with Gasteiger partial charge in [-0.2, -0.15) is 0 Å². The summed E-state index contributed by atoms with van der Waals surface area (Å²) in [6, 6.07) is 14.5. The molecule has 0 saturated carbocycles. The molecule has 0 aliphatic carbocycles. The van der Waals surface area contributed by atoms with E-state index in [2.05, 4.69) is 29.7 Å². The predicted octanol–water partition coefficient (Wildman–Crippen LogP) is 2.57. The maximum atomic E-state index is 9.46. The topological polar surface area (TPSA) is 25.2 Å². The number of aliphatic hydroxyl groups excluding tert-OH is 1. The number of nitrogens with zero attached hydrogens (tertiary/aromatic N) is 1. The highest BCUT2D eigenvalue weighted by Crippen LogP contribution is 2.16. The number of benzene rings is 1. The van der Waals surface area contributed by atoms with E-state index in [-0.39, 0.29) is 12.6 Å². The number of rotatable bonds is 4. The minimum absolute atomic E-state index is 0.136. The van der Waals surface area contributed by atoms with Crippen LogP contribution in [0.25, 0.3) is 0 Å². The van der Waals surface area contributed by atoms with Crippen LogP contribution in [0.15, 0.2) is 48.7 Å². The summed E-state index contributed by atoms with van der Waals surface area (Å²) in [6.07, 6.45) is 2.89. The van der Waals surface area contributed by atoms with Gasteiger partial charge in [0.15, 0.2) is 0 Å². The van der Waals surface area contributed by atoms with Gasteiger partial charge in [-0.15, -0.1) is 0 Å². The Hall–Kier alpha value is -1.54. The molecule has 1 N–H and O–H groups in total. The number of aromatic nitrogens is 1. The van der Waals surface area contributed by atoms with Crippen LogP contribution in [-0.4, -0.2) is 16.3 Å². The van der Waals surface area contributed by atoms with Crippen molar-refractivity contribution in [1.82, 2.24) is 4.57 Å². The molecule has 0 fully saturated rings. The molecule has 0 saturated heterocycles. The quantitative estimate of drug-likeness (QED) is 0.833. The summed E-state index contributed by atoms with van der Waals surface area (Å²) < 4.78 is 2.13. The molecule has 2 aromatic rings. The lowest BCUT2D eigenvalue weighted by atomic mass is 10.1. The van der Waals surface area contributed by atoms with Crippen LogP contribution >= 0.6 is 0 Å². The molecule has 0 aliphatic rings. The highest BCUT2D eigenvalue weighted by atomic mass is 16.3. The fourth-order valence-corrected chi connectivity index (χ4v) is 2.03. The Morgan fingerprint density at radius 3 is 2.44 bits per heavy atom. The third-order valence-electron chi connectivity index (χ3n) is 2.91. The first kappa shape index (κ1) is 11.0. The van der Waals surface area contributed by atoms with Gasteiger partial charge in [0.2, 0.25) is 0 Å². The van der Waals surface area contributed by atoms with Gasteiger partial charge in [0.05, 0.1) is 12.6 Å². The van der Waals surface area contributed by atoms with Crippen molar-refractivity contribution in [2.24, 2.45) is 0 Å². The molecule has 0 radical (unpaired) electrons. The van der Waals surface area contributed by atoms with Crippen LogP contribution in [0.1, 0.15) is 17.3 Å². The summed E-state index contributed by atoms with van der Waals surface area (Å²) >= 11 is 0. The highest BCUT2D eigenvalue weighted by molar-refractivity contribution is 5.16. The SMILES string of the molecule is Cc1cccn1[C@@H](CO)Cc1ccccc1. The summed E-state index contributed by atoms with van der Waals surface area (Å²) in [7, 11) is 0. The third-order valence-corrected chi connectivity index (χ3v) is 2.91. The molecule has 0 aliphatic heterocycles. The highest BCUT2D eigenvalue weighted by Gasteiger charge is 2.11. The Kier molecular flexibility index (Phi) is 3.42. The normalized spacial score (nSPS) is 12.6. The molecule has 1 heterocycles. The monoisotopic (exact) mass is 215 g/mol. The molecule has 84 valence electrons. The van der Waals surface area contributed by atoms with Crippen molar-refractivity contribution >= 4 is 0 Å². The van der Waals surface area contributed by atoms with Gasteiger partial charge in [-0.25, -0.2) is 0 Å². The van der Waals surface area contributed by atoms with Crippen LogP contribution in [0.5, 0.6) is 0 Å². The van der Waals surface area contributed by atoms with E-state index in [0.29, 0.717) is 0 Å². The van der Waals surface area contributed by atoms with Crippen LogP contribution < -0.4 is 0 Å². The molecule has 0 unspecified atom stereocenters. The summed E-state index contributed by atoms with van der Waals surface area (Å²) in [5.41, 5.74) is 2.45. The standard InChI is InChI=1S/C14H17NO/c1-12-6-5-9-15(12)14(11-16)10-13-7-3-2-4-8-13/h2-9,14,16H,10-11H2,1H3/t14-/m1/s1. The maximum Gasteiger partial charge on any atom is 0.0642 e. The van der Waals surface area contributed by atoms with Crippen molar-refractivity contribution in [3.05, 3.63) is 59.9 Å². The molecular weight excluding hydrogens is 198 g/mol. The lowest BCUT2D eigenvalue weighted by molar-refractivity contribution is 0.226. The smallest absolute Gasteiger partial charge is 0.0642 e. The zero-order valence-electron chi connectivity index (χ0n) is 9.50. The molecule has 0 bridgehead atoms. The zero-order valence-corrected chi connectivity index (χ0v) is 9.50. The van der Waals surface area contributed by atoms with Crippen LogP contribution in [0.3, 0.4) is 0 Å². The number of aliphatic hydroxyl groups is 1. The van der Waals surface area contributed by atoms with E-state index in [1.807, 2.05) is 30.5 Å². The van der Waals surface area contributed by atoms with Crippen LogP contribution in [0.2, 0.25) is 0 Å². The van der Waals surface area contributed by atoms with Crippen molar-refractivity contribution in [3.8, 4) is 0 Å². The average Bonchev–Trinajstić information content (AvgIpc) is 2.74. The van der Waals surface area contributed by atoms with Crippen molar-refractivity contribution in [2.75, 3.05) is 6.61 Å². The van der Waals surface area contributed by atoms with Crippen LogP contribution in [0.4, 0.5) is 0 Å². The molecule has 2 nitrogen and oxygen atoms in total. The third kappa shape index (κ3) is 2.34. The molecule has 0 spiro atoms. The van der Waals surface area contributed by atoms with Crippen LogP contribution in [-0.2, 0) is 6.42 Å². The van der Waals surface area contributed by atoms with Gasteiger partial charge >= 0.3 is 0 Å². The van der Waals surface area contributed by atoms with Gasteiger partial charge in [-0.3, -0.25) is 0 Å². The van der Waals surface area contributed by atoms with E-state index in [0.717, 1.165) is 6.42 Å². The first-order valence-electron chi connectivity index (χ1n) is 5.59. The molecule has 2 heteroatoms. The average molecular weight is 215 g/mol. The minimum Gasteiger partial charge on any atom is -0.394 e.